The van der Waals surface area contributed by atoms with Crippen LogP contribution in [0.1, 0.15) is 55.8 Å². The first-order valence-corrected chi connectivity index (χ1v) is 15.6. The van der Waals surface area contributed by atoms with Gasteiger partial charge in [-0.25, -0.2) is 4.57 Å². The van der Waals surface area contributed by atoms with Crippen LogP contribution in [0.2, 0.25) is 0 Å². The minimum Gasteiger partial charge on any atom is -0.507 e. The number of phenolic OH excluding ortho intramolecular Hbond substituents is 2. The van der Waals surface area contributed by atoms with Gasteiger partial charge in [-0.3, -0.25) is 14.5 Å². The largest absolute Gasteiger partial charge is 0.584 e. The number of phosphoric acid groups is 1. The van der Waals surface area contributed by atoms with E-state index >= 15 is 0 Å². The Kier molecular flexibility index (Phi) is 10.5. The van der Waals surface area contributed by atoms with E-state index in [2.05, 4.69) is 0 Å². The van der Waals surface area contributed by atoms with E-state index < -0.39 is 7.82 Å². The Morgan fingerprint density at radius 3 is 1.33 bits per heavy atom. The molecule has 45 heavy (non-hydrogen) atoms. The van der Waals surface area contributed by atoms with Crippen molar-refractivity contribution in [3.63, 3.8) is 0 Å². The first-order valence-electron chi connectivity index (χ1n) is 14.1. The highest BCUT2D eigenvalue weighted by Gasteiger charge is 2.26. The number of aryl methyl sites for hydroxylation is 4. The fourth-order valence-corrected chi connectivity index (χ4v) is 5.61. The fraction of sp³-hybridized carbons (Fsp3) is 0.235. The molecule has 0 spiro atoms. The van der Waals surface area contributed by atoms with E-state index in [4.69, 9.17) is 18.5 Å². The van der Waals surface area contributed by atoms with Gasteiger partial charge in [0.1, 0.15) is 34.5 Å². The minimum absolute atomic E-state index is 0.120. The molecule has 236 valence electrons. The number of carbonyl (C=O) groups is 2. The summed E-state index contributed by atoms with van der Waals surface area (Å²) >= 11 is 0. The second-order valence-electron chi connectivity index (χ2n) is 10.4. The van der Waals surface area contributed by atoms with E-state index in [1.165, 1.54) is 50.6 Å². The molecule has 0 aliphatic carbocycles. The quantitative estimate of drug-likeness (QED) is 0.0986. The predicted molar refractivity (Wildman–Crippen MR) is 168 cm³/mol. The van der Waals surface area contributed by atoms with Crippen LogP contribution in [0.15, 0.2) is 72.8 Å². The van der Waals surface area contributed by atoms with Gasteiger partial charge in [0.05, 0.1) is 25.3 Å². The first kappa shape index (κ1) is 33.1. The Hall–Kier alpha value is -4.79. The van der Waals surface area contributed by atoms with Crippen molar-refractivity contribution >= 4 is 19.4 Å². The van der Waals surface area contributed by atoms with Gasteiger partial charge in [-0.15, -0.1) is 0 Å². The maximum Gasteiger partial charge on any atom is 0.584 e. The van der Waals surface area contributed by atoms with Crippen molar-refractivity contribution in [1.82, 2.24) is 0 Å². The standard InChI is InChI=1S/C34H35O10P/c1-21-17-27(9-5-23(21)7-15-31(35)29-13-11-25(41-3)19-33(29)37)43-45(39,40)44-28-10-6-24(22(2)18-28)8-16-32(36)30-14-12-26(42-4)20-34(30)38/h5-6,9-14,17-20,37-38H,7-8,15-16H2,1-4H3,(H,39,40). The van der Waals surface area contributed by atoms with Crippen molar-refractivity contribution in [3.8, 4) is 34.5 Å². The number of ether oxygens (including phenoxy) is 2. The summed E-state index contributed by atoms with van der Waals surface area (Å²) in [7, 11) is -1.61. The van der Waals surface area contributed by atoms with Gasteiger partial charge in [0.25, 0.3) is 0 Å². The monoisotopic (exact) mass is 634 g/mol. The Balaban J connectivity index is 1.33. The highest BCUT2D eigenvalue weighted by atomic mass is 31.2. The van der Waals surface area contributed by atoms with Crippen molar-refractivity contribution in [3.05, 3.63) is 106 Å². The topological polar surface area (TPSA) is 149 Å². The highest BCUT2D eigenvalue weighted by molar-refractivity contribution is 7.48. The lowest BCUT2D eigenvalue weighted by Crippen LogP contribution is -2.04. The Morgan fingerprint density at radius 1 is 0.622 bits per heavy atom. The van der Waals surface area contributed by atoms with Gasteiger partial charge in [-0.05, 0) is 97.5 Å². The van der Waals surface area contributed by atoms with Crippen LogP contribution in [0.5, 0.6) is 34.5 Å². The molecule has 0 fully saturated rings. The van der Waals surface area contributed by atoms with Crippen molar-refractivity contribution in [2.45, 2.75) is 39.5 Å². The third kappa shape index (κ3) is 8.65. The Labute approximate surface area is 261 Å². The van der Waals surface area contributed by atoms with Gasteiger partial charge in [-0.1, -0.05) is 12.1 Å². The summed E-state index contributed by atoms with van der Waals surface area (Å²) in [6, 6.07) is 18.7. The third-order valence-corrected chi connectivity index (χ3v) is 8.21. The summed E-state index contributed by atoms with van der Waals surface area (Å²) in [5.41, 5.74) is 3.58. The molecule has 0 bridgehead atoms. The van der Waals surface area contributed by atoms with Crippen LogP contribution in [0.4, 0.5) is 0 Å². The fourth-order valence-electron chi connectivity index (χ4n) is 4.81. The molecule has 0 saturated carbocycles. The first-order chi connectivity index (χ1) is 21.4. The van der Waals surface area contributed by atoms with E-state index in [1.807, 2.05) is 0 Å². The number of phenols is 2. The highest BCUT2D eigenvalue weighted by Crippen LogP contribution is 2.45. The van der Waals surface area contributed by atoms with Crippen LogP contribution in [-0.4, -0.2) is 40.9 Å². The van der Waals surface area contributed by atoms with Crippen LogP contribution < -0.4 is 18.5 Å². The summed E-state index contributed by atoms with van der Waals surface area (Å²) in [5.74, 6) is 0.382. The number of hydrogen-bond donors (Lipinski definition) is 3. The molecule has 0 aromatic heterocycles. The Morgan fingerprint density at radius 2 is 1.00 bits per heavy atom. The number of benzene rings is 4. The maximum absolute atomic E-state index is 12.8. The van der Waals surface area contributed by atoms with Crippen molar-refractivity contribution in [1.29, 1.82) is 0 Å². The summed E-state index contributed by atoms with van der Waals surface area (Å²) in [6.07, 6.45) is 1.08. The van der Waals surface area contributed by atoms with Gasteiger partial charge in [0.15, 0.2) is 11.6 Å². The van der Waals surface area contributed by atoms with Crippen molar-refractivity contribution < 1.29 is 47.8 Å². The zero-order valence-electron chi connectivity index (χ0n) is 25.4. The number of phosphoric ester groups is 1. The lowest BCUT2D eigenvalue weighted by Gasteiger charge is -2.16. The van der Waals surface area contributed by atoms with E-state index in [9.17, 15) is 29.3 Å². The van der Waals surface area contributed by atoms with Gasteiger partial charge in [0.2, 0.25) is 0 Å². The number of methoxy groups -OCH3 is 2. The normalized spacial score (nSPS) is 11.1. The van der Waals surface area contributed by atoms with Gasteiger partial charge in [-0.2, -0.15) is 0 Å². The predicted octanol–water partition coefficient (Wildman–Crippen LogP) is 6.92. The number of carbonyl (C=O) groups excluding carboxylic acids is 2. The van der Waals surface area contributed by atoms with Crippen LogP contribution in [-0.2, 0) is 17.4 Å². The van der Waals surface area contributed by atoms with E-state index in [0.29, 0.717) is 24.3 Å². The molecule has 0 aliphatic heterocycles. The van der Waals surface area contributed by atoms with Gasteiger partial charge >= 0.3 is 7.82 Å². The third-order valence-electron chi connectivity index (χ3n) is 7.32. The average Bonchev–Trinajstić information content (AvgIpc) is 2.99. The molecule has 0 atom stereocenters. The minimum atomic E-state index is -4.56. The molecule has 4 aromatic rings. The average molecular weight is 635 g/mol. The lowest BCUT2D eigenvalue weighted by molar-refractivity contribution is 0.0971. The van der Waals surface area contributed by atoms with Crippen LogP contribution in [0.25, 0.3) is 0 Å². The molecule has 3 N–H and O–H groups in total. The summed E-state index contributed by atoms with van der Waals surface area (Å²) in [4.78, 5) is 35.7. The smallest absolute Gasteiger partial charge is 0.507 e. The number of hydrogen-bond acceptors (Lipinski definition) is 9. The zero-order chi connectivity index (χ0) is 32.7. The van der Waals surface area contributed by atoms with E-state index in [1.54, 1.807) is 50.2 Å². The second kappa shape index (κ2) is 14.3. The Bertz CT molecular complexity index is 1640. The summed E-state index contributed by atoms with van der Waals surface area (Å²) in [5, 5.41) is 20.3. The number of Topliss-reactive ketones (excluding diaryl/α,β-unsaturated/α-hetero) is 2. The SMILES string of the molecule is COc1ccc(C(=O)CCc2ccc(OP(=O)(O)Oc3ccc(CCC(=O)c4ccc(OC)cc4O)c(C)c3)cc2C)c(O)c1. The molecule has 4 aromatic carbocycles. The van der Waals surface area contributed by atoms with Gasteiger partial charge in [0, 0.05) is 25.0 Å². The second-order valence-corrected chi connectivity index (χ2v) is 11.7. The van der Waals surface area contributed by atoms with Crippen molar-refractivity contribution in [2.75, 3.05) is 14.2 Å². The molecule has 11 heteroatoms. The number of rotatable bonds is 14. The zero-order valence-corrected chi connectivity index (χ0v) is 26.3. The number of aromatic hydroxyl groups is 2. The van der Waals surface area contributed by atoms with E-state index in [-0.39, 0.29) is 58.5 Å². The molecule has 0 amide bonds. The molecule has 0 unspecified atom stereocenters. The molecular formula is C34H35O10P. The lowest BCUT2D eigenvalue weighted by atomic mass is 9.99. The molecule has 0 radical (unpaired) electrons. The van der Waals surface area contributed by atoms with Crippen LogP contribution in [0, 0.1) is 13.8 Å². The molecule has 10 nitrogen and oxygen atoms in total. The van der Waals surface area contributed by atoms with Gasteiger partial charge < -0.3 is 28.7 Å². The molecule has 4 rings (SSSR count). The number of ketones is 2. The molecule has 0 heterocycles. The van der Waals surface area contributed by atoms with Crippen molar-refractivity contribution in [2.24, 2.45) is 0 Å². The van der Waals surface area contributed by atoms with E-state index in [0.717, 1.165) is 22.3 Å². The molecule has 0 aliphatic rings. The molecular weight excluding hydrogens is 599 g/mol. The summed E-state index contributed by atoms with van der Waals surface area (Å²) < 4.78 is 33.5. The maximum atomic E-state index is 12.8. The summed E-state index contributed by atoms with van der Waals surface area (Å²) in [6.45, 7) is 3.59. The molecule has 0 saturated heterocycles. The van der Waals surface area contributed by atoms with Crippen LogP contribution in [0.3, 0.4) is 0 Å². The van der Waals surface area contributed by atoms with Crippen LogP contribution >= 0.6 is 7.82 Å².